The number of hydrazine groups is 1. The molecule has 2 aromatic carbocycles. The number of imidazole rings is 1. The van der Waals surface area contributed by atoms with E-state index in [0.717, 1.165) is 5.57 Å². The Labute approximate surface area is 229 Å². The van der Waals surface area contributed by atoms with Gasteiger partial charge in [0.05, 0.1) is 5.69 Å². The van der Waals surface area contributed by atoms with Gasteiger partial charge in [0.25, 0.3) is 5.91 Å². The molecule has 2 aromatic heterocycles. The molecule has 202 valence electrons. The van der Waals surface area contributed by atoms with Crippen molar-refractivity contribution >= 4 is 28.8 Å². The van der Waals surface area contributed by atoms with E-state index in [1.165, 1.54) is 23.9 Å². The number of hydrogen-bond donors (Lipinski definition) is 3. The number of carbonyl (C=O) groups excluding carboxylic acids is 2. The highest BCUT2D eigenvalue weighted by Gasteiger charge is 2.27. The molecule has 1 aliphatic rings. The van der Waals surface area contributed by atoms with Crippen molar-refractivity contribution in [3.8, 4) is 29.0 Å². The molecule has 0 unspecified atom stereocenters. The Morgan fingerprint density at radius 2 is 1.73 bits per heavy atom. The summed E-state index contributed by atoms with van der Waals surface area (Å²) in [7, 11) is 0. The molecule has 0 bridgehead atoms. The maximum Gasteiger partial charge on any atom is 0.335 e. The molecule has 40 heavy (non-hydrogen) atoms. The minimum atomic E-state index is -0.589. The maximum absolute atomic E-state index is 13.8. The van der Waals surface area contributed by atoms with Gasteiger partial charge in [0.2, 0.25) is 0 Å². The van der Waals surface area contributed by atoms with Crippen molar-refractivity contribution in [3.63, 3.8) is 0 Å². The van der Waals surface area contributed by atoms with Crippen molar-refractivity contribution < 1.29 is 14.3 Å². The van der Waals surface area contributed by atoms with Gasteiger partial charge in [0.1, 0.15) is 23.3 Å². The largest absolute Gasteiger partial charge is 0.457 e. The fourth-order valence-electron chi connectivity index (χ4n) is 4.78. The van der Waals surface area contributed by atoms with Gasteiger partial charge in [-0.3, -0.25) is 29.6 Å². The van der Waals surface area contributed by atoms with E-state index in [-0.39, 0.29) is 17.5 Å². The second kappa shape index (κ2) is 11.6. The number of carbonyl (C=O) groups is 2. The molecule has 2 heterocycles. The van der Waals surface area contributed by atoms with E-state index in [2.05, 4.69) is 32.7 Å². The molecular formula is C29H27N7O4. The molecule has 1 saturated carbocycles. The lowest BCUT2D eigenvalue weighted by Gasteiger charge is -2.24. The zero-order valence-corrected chi connectivity index (χ0v) is 21.8. The molecule has 4 N–H and O–H groups in total. The second-order valence-electron chi connectivity index (χ2n) is 9.18. The number of anilines is 1. The highest BCUT2D eigenvalue weighted by Crippen LogP contribution is 2.34. The van der Waals surface area contributed by atoms with Crippen LogP contribution in [-0.2, 0) is 9.59 Å². The van der Waals surface area contributed by atoms with Crippen LogP contribution >= 0.6 is 0 Å². The number of nitrogens with one attached hydrogen (secondary N) is 2. The minimum Gasteiger partial charge on any atom is -0.457 e. The Bertz CT molecular complexity index is 1700. The van der Waals surface area contributed by atoms with E-state index in [1.54, 1.807) is 28.8 Å². The molecule has 0 saturated heterocycles. The van der Waals surface area contributed by atoms with E-state index in [9.17, 15) is 14.4 Å². The van der Waals surface area contributed by atoms with Crippen LogP contribution in [0.15, 0.2) is 77.4 Å². The summed E-state index contributed by atoms with van der Waals surface area (Å²) in [5.74, 6) is 5.25. The quantitative estimate of drug-likeness (QED) is 0.201. The third-order valence-corrected chi connectivity index (χ3v) is 6.59. The number of ether oxygens (including phenoxy) is 1. The fraction of sp³-hybridized carbons (Fsp3) is 0.207. The van der Waals surface area contributed by atoms with Gasteiger partial charge in [-0.15, -0.1) is 0 Å². The zero-order valence-electron chi connectivity index (χ0n) is 21.8. The molecule has 0 aliphatic heterocycles. The van der Waals surface area contributed by atoms with Gasteiger partial charge in [-0.1, -0.05) is 29.7 Å². The van der Waals surface area contributed by atoms with Crippen molar-refractivity contribution in [1.29, 1.82) is 0 Å². The molecule has 1 aliphatic carbocycles. The number of nitrogen functional groups attached to an aromatic ring is 1. The number of para-hydroxylation sites is 1. The number of aromatic nitrogens is 4. The van der Waals surface area contributed by atoms with Crippen molar-refractivity contribution in [2.45, 2.75) is 38.6 Å². The number of rotatable bonds is 5. The lowest BCUT2D eigenvalue weighted by Crippen LogP contribution is -2.40. The minimum absolute atomic E-state index is 0.147. The Morgan fingerprint density at radius 3 is 2.42 bits per heavy atom. The van der Waals surface area contributed by atoms with Gasteiger partial charge >= 0.3 is 11.6 Å². The van der Waals surface area contributed by atoms with Gasteiger partial charge in [-0.05, 0) is 74.9 Å². The van der Waals surface area contributed by atoms with Crippen LogP contribution in [0.1, 0.15) is 38.6 Å². The second-order valence-corrected chi connectivity index (χ2v) is 9.18. The van der Waals surface area contributed by atoms with E-state index >= 15 is 0 Å². The van der Waals surface area contributed by atoms with E-state index in [1.807, 2.05) is 30.3 Å². The molecule has 0 spiro atoms. The first-order valence-electron chi connectivity index (χ1n) is 12.7. The smallest absolute Gasteiger partial charge is 0.335 e. The molecule has 1 fully saturated rings. The third kappa shape index (κ3) is 5.56. The SMILES string of the molecule is CC#CC(=O)NNC(=O)C=C1CCC(n2c(=O)n(-c3ccc(Oc4ccccc4)cc3)c3c(N)ncnc32)CC1. The summed E-state index contributed by atoms with van der Waals surface area (Å²) in [5.41, 5.74) is 13.0. The summed E-state index contributed by atoms with van der Waals surface area (Å²) in [6.45, 7) is 1.53. The Kier molecular flexibility index (Phi) is 7.59. The summed E-state index contributed by atoms with van der Waals surface area (Å²) < 4.78 is 9.08. The number of benzene rings is 2. The summed E-state index contributed by atoms with van der Waals surface area (Å²) in [6.07, 6.45) is 5.28. The standard InChI is InChI=1S/C29H27N7O4/c1-2-6-24(37)33-34-25(38)17-19-9-11-21(12-10-19)36-28-26(27(30)31-18-32-28)35(29(36)39)20-13-15-23(16-14-20)40-22-7-4-3-5-8-22/h3-5,7-8,13-18,21H,9-12H2,1H3,(H,33,37)(H,34,38)(H2,30,31,32). The van der Waals surface area contributed by atoms with Gasteiger partial charge in [0.15, 0.2) is 11.5 Å². The maximum atomic E-state index is 13.8. The topological polar surface area (TPSA) is 146 Å². The van der Waals surface area contributed by atoms with Crippen molar-refractivity contribution in [2.24, 2.45) is 0 Å². The van der Waals surface area contributed by atoms with Crippen LogP contribution in [0.2, 0.25) is 0 Å². The average molecular weight is 538 g/mol. The Hall–Kier alpha value is -5.37. The Morgan fingerprint density at radius 1 is 1.02 bits per heavy atom. The molecule has 11 nitrogen and oxygen atoms in total. The molecule has 0 radical (unpaired) electrons. The Balaban J connectivity index is 1.37. The number of allylic oxidation sites excluding steroid dienone is 1. The number of amides is 2. The number of hydrogen-bond acceptors (Lipinski definition) is 7. The third-order valence-electron chi connectivity index (χ3n) is 6.59. The molecular weight excluding hydrogens is 510 g/mol. The fourth-order valence-corrected chi connectivity index (χ4v) is 4.78. The monoisotopic (exact) mass is 537 g/mol. The van der Waals surface area contributed by atoms with Crippen molar-refractivity contribution in [1.82, 2.24) is 30.0 Å². The van der Waals surface area contributed by atoms with Crippen LogP contribution in [0.3, 0.4) is 0 Å². The van der Waals surface area contributed by atoms with Crippen LogP contribution in [0, 0.1) is 11.8 Å². The van der Waals surface area contributed by atoms with Crippen LogP contribution in [-0.4, -0.2) is 30.9 Å². The molecule has 11 heteroatoms. The molecule has 2 amide bonds. The predicted molar refractivity (Wildman–Crippen MR) is 149 cm³/mol. The molecule has 5 rings (SSSR count). The lowest BCUT2D eigenvalue weighted by atomic mass is 9.90. The van der Waals surface area contributed by atoms with E-state index in [4.69, 9.17) is 10.5 Å². The normalized spacial score (nSPS) is 14.6. The van der Waals surface area contributed by atoms with E-state index in [0.29, 0.717) is 54.0 Å². The van der Waals surface area contributed by atoms with Gasteiger partial charge in [0, 0.05) is 12.1 Å². The van der Waals surface area contributed by atoms with Crippen LogP contribution in [0.4, 0.5) is 5.82 Å². The predicted octanol–water partition coefficient (Wildman–Crippen LogP) is 3.17. The van der Waals surface area contributed by atoms with Crippen LogP contribution < -0.4 is 27.0 Å². The summed E-state index contributed by atoms with van der Waals surface area (Å²) >= 11 is 0. The van der Waals surface area contributed by atoms with Crippen molar-refractivity contribution in [3.05, 3.63) is 83.1 Å². The molecule has 0 atom stereocenters. The van der Waals surface area contributed by atoms with Crippen LogP contribution in [0.5, 0.6) is 11.5 Å². The van der Waals surface area contributed by atoms with Gasteiger partial charge < -0.3 is 10.5 Å². The first-order valence-corrected chi connectivity index (χ1v) is 12.7. The summed E-state index contributed by atoms with van der Waals surface area (Å²) in [6, 6.07) is 16.4. The number of fused-ring (bicyclic) bond motifs is 1. The summed E-state index contributed by atoms with van der Waals surface area (Å²) in [4.78, 5) is 46.0. The highest BCUT2D eigenvalue weighted by atomic mass is 16.5. The first-order chi connectivity index (χ1) is 19.4. The van der Waals surface area contributed by atoms with Crippen LogP contribution in [0.25, 0.3) is 16.9 Å². The highest BCUT2D eigenvalue weighted by molar-refractivity contribution is 5.96. The van der Waals surface area contributed by atoms with E-state index < -0.39 is 11.8 Å². The summed E-state index contributed by atoms with van der Waals surface area (Å²) in [5, 5.41) is 0. The zero-order chi connectivity index (χ0) is 28.1. The number of nitrogens with zero attached hydrogens (tertiary/aromatic N) is 4. The lowest BCUT2D eigenvalue weighted by molar-refractivity contribution is -0.123. The average Bonchev–Trinajstić information content (AvgIpc) is 3.26. The molecule has 4 aromatic rings. The first kappa shape index (κ1) is 26.2. The van der Waals surface area contributed by atoms with Crippen molar-refractivity contribution in [2.75, 3.05) is 5.73 Å². The number of nitrogens with two attached hydrogens (primary N) is 1. The van der Waals surface area contributed by atoms with Gasteiger partial charge in [-0.25, -0.2) is 14.8 Å². The van der Waals surface area contributed by atoms with Gasteiger partial charge in [-0.2, -0.15) is 0 Å².